The van der Waals surface area contributed by atoms with Crippen molar-refractivity contribution in [3.8, 4) is 5.75 Å². The van der Waals surface area contributed by atoms with Gasteiger partial charge in [-0.1, -0.05) is 15.9 Å². The van der Waals surface area contributed by atoms with E-state index in [1.165, 1.54) is 7.11 Å². The van der Waals surface area contributed by atoms with Gasteiger partial charge in [-0.2, -0.15) is 0 Å². The largest absolute Gasteiger partial charge is 0.496 e. The molecule has 1 unspecified atom stereocenters. The molecule has 100 valence electrons. The maximum Gasteiger partial charge on any atom is 0.255 e. The number of carbonyl (C=O) groups is 1. The highest BCUT2D eigenvalue weighted by Gasteiger charge is 2.16. The highest BCUT2D eigenvalue weighted by molar-refractivity contribution is 9.10. The van der Waals surface area contributed by atoms with Gasteiger partial charge in [0.25, 0.3) is 5.91 Å². The summed E-state index contributed by atoms with van der Waals surface area (Å²) in [6, 6.07) is 5.07. The second-order valence-electron chi connectivity index (χ2n) is 4.01. The summed E-state index contributed by atoms with van der Waals surface area (Å²) >= 11 is 3.34. The van der Waals surface area contributed by atoms with Crippen LogP contribution in [0.5, 0.6) is 5.75 Å². The van der Waals surface area contributed by atoms with E-state index in [4.69, 9.17) is 4.74 Å². The average molecular weight is 324 g/mol. The maximum atomic E-state index is 12.2. The molecule has 2 N–H and O–H groups in total. The number of nitrogens with one attached hydrogen (secondary N) is 2. The lowest BCUT2D eigenvalue weighted by Crippen LogP contribution is -2.27. The number of halogens is 1. The number of hydrogen-bond donors (Lipinski definition) is 2. The first-order valence-corrected chi connectivity index (χ1v) is 6.55. The topological polar surface area (TPSA) is 67.0 Å². The Morgan fingerprint density at radius 1 is 1.53 bits per heavy atom. The van der Waals surface area contributed by atoms with Gasteiger partial charge in [-0.05, 0) is 25.1 Å². The fraction of sp³-hybridized carbons (Fsp3) is 0.231. The van der Waals surface area contributed by atoms with Gasteiger partial charge < -0.3 is 15.0 Å². The molecule has 1 atom stereocenters. The van der Waals surface area contributed by atoms with E-state index in [1.54, 1.807) is 30.6 Å². The van der Waals surface area contributed by atoms with Crippen LogP contribution in [0.25, 0.3) is 0 Å². The molecule has 1 aromatic heterocycles. The molecule has 0 aliphatic heterocycles. The van der Waals surface area contributed by atoms with Crippen LogP contribution >= 0.6 is 15.9 Å². The van der Waals surface area contributed by atoms with Crippen LogP contribution in [-0.2, 0) is 0 Å². The molecule has 1 amide bonds. The van der Waals surface area contributed by atoms with Gasteiger partial charge in [-0.25, -0.2) is 4.98 Å². The van der Waals surface area contributed by atoms with Gasteiger partial charge in [0, 0.05) is 16.9 Å². The van der Waals surface area contributed by atoms with E-state index in [2.05, 4.69) is 31.2 Å². The third-order valence-electron chi connectivity index (χ3n) is 2.69. The molecule has 2 aromatic rings. The number of benzene rings is 1. The molecule has 0 aliphatic carbocycles. The number of imidazole rings is 1. The molecule has 19 heavy (non-hydrogen) atoms. The summed E-state index contributed by atoms with van der Waals surface area (Å²) in [6.45, 7) is 1.86. The minimum Gasteiger partial charge on any atom is -0.496 e. The molecule has 0 spiro atoms. The summed E-state index contributed by atoms with van der Waals surface area (Å²) in [4.78, 5) is 19.3. The molecule has 1 aromatic carbocycles. The van der Waals surface area contributed by atoms with Crippen molar-refractivity contribution in [3.63, 3.8) is 0 Å². The Labute approximate surface area is 119 Å². The number of aromatic amines is 1. The highest BCUT2D eigenvalue weighted by atomic mass is 79.9. The van der Waals surface area contributed by atoms with Crippen LogP contribution < -0.4 is 10.1 Å². The van der Waals surface area contributed by atoms with Crippen molar-refractivity contribution in [1.82, 2.24) is 15.3 Å². The maximum absolute atomic E-state index is 12.2. The predicted octanol–water partition coefficient (Wildman–Crippen LogP) is 2.67. The van der Waals surface area contributed by atoms with E-state index in [0.717, 1.165) is 4.47 Å². The van der Waals surface area contributed by atoms with Crippen molar-refractivity contribution in [3.05, 3.63) is 46.5 Å². The number of aromatic nitrogens is 2. The van der Waals surface area contributed by atoms with Crippen LogP contribution in [0.15, 0.2) is 35.1 Å². The third kappa shape index (κ3) is 3.14. The molecule has 1 heterocycles. The van der Waals surface area contributed by atoms with Gasteiger partial charge in [0.15, 0.2) is 0 Å². The predicted molar refractivity (Wildman–Crippen MR) is 75.2 cm³/mol. The Hall–Kier alpha value is -1.82. The Morgan fingerprint density at radius 3 is 2.95 bits per heavy atom. The number of nitrogens with zero attached hydrogens (tertiary/aromatic N) is 1. The van der Waals surface area contributed by atoms with Gasteiger partial charge in [0.1, 0.15) is 11.6 Å². The molecule has 0 saturated heterocycles. The van der Waals surface area contributed by atoms with E-state index in [-0.39, 0.29) is 11.9 Å². The minimum atomic E-state index is -0.201. The molecule has 2 rings (SSSR count). The molecule has 5 nitrogen and oxygen atoms in total. The first kappa shape index (κ1) is 13.6. The normalized spacial score (nSPS) is 11.9. The van der Waals surface area contributed by atoms with E-state index in [0.29, 0.717) is 17.1 Å². The zero-order chi connectivity index (χ0) is 13.8. The van der Waals surface area contributed by atoms with Crippen molar-refractivity contribution >= 4 is 21.8 Å². The summed E-state index contributed by atoms with van der Waals surface area (Å²) in [5.41, 5.74) is 0.490. The summed E-state index contributed by atoms with van der Waals surface area (Å²) in [6.07, 6.45) is 3.37. The monoisotopic (exact) mass is 323 g/mol. The van der Waals surface area contributed by atoms with Crippen LogP contribution in [0.1, 0.15) is 29.1 Å². The van der Waals surface area contributed by atoms with Gasteiger partial charge in [-0.3, -0.25) is 4.79 Å². The lowest BCUT2D eigenvalue weighted by atomic mass is 10.1. The van der Waals surface area contributed by atoms with Crippen molar-refractivity contribution in [1.29, 1.82) is 0 Å². The van der Waals surface area contributed by atoms with Crippen LogP contribution in [0.2, 0.25) is 0 Å². The smallest absolute Gasteiger partial charge is 0.255 e. The lowest BCUT2D eigenvalue weighted by molar-refractivity contribution is 0.0935. The molecule has 0 radical (unpaired) electrons. The van der Waals surface area contributed by atoms with Crippen molar-refractivity contribution in [2.45, 2.75) is 13.0 Å². The van der Waals surface area contributed by atoms with Crippen LogP contribution in [0, 0.1) is 0 Å². The number of hydrogen-bond acceptors (Lipinski definition) is 3. The Morgan fingerprint density at radius 2 is 2.32 bits per heavy atom. The number of amides is 1. The first-order chi connectivity index (χ1) is 9.11. The van der Waals surface area contributed by atoms with E-state index >= 15 is 0 Å². The van der Waals surface area contributed by atoms with Gasteiger partial charge >= 0.3 is 0 Å². The number of ether oxygens (including phenoxy) is 1. The third-order valence-corrected chi connectivity index (χ3v) is 3.18. The standard InChI is InChI=1S/C13H14BrN3O2/c1-8(12-15-5-6-16-12)17-13(18)10-4-3-9(14)7-11(10)19-2/h3-8H,1-2H3,(H,15,16)(H,17,18). The zero-order valence-electron chi connectivity index (χ0n) is 10.6. The Kier molecular flexibility index (Phi) is 4.21. The summed E-state index contributed by atoms with van der Waals surface area (Å²) in [5, 5.41) is 2.86. The second kappa shape index (κ2) is 5.88. The van der Waals surface area contributed by atoms with Crippen LogP contribution in [0.3, 0.4) is 0 Å². The van der Waals surface area contributed by atoms with Gasteiger partial charge in [0.05, 0.1) is 18.7 Å². The summed E-state index contributed by atoms with van der Waals surface area (Å²) < 4.78 is 6.07. The second-order valence-corrected chi connectivity index (χ2v) is 4.93. The molecule has 0 aliphatic rings. The van der Waals surface area contributed by atoms with Crippen LogP contribution in [-0.4, -0.2) is 23.0 Å². The quantitative estimate of drug-likeness (QED) is 0.909. The molecule has 0 saturated carbocycles. The minimum absolute atomic E-state index is 0.198. The van der Waals surface area contributed by atoms with Crippen molar-refractivity contribution in [2.24, 2.45) is 0 Å². The SMILES string of the molecule is COc1cc(Br)ccc1C(=O)NC(C)c1ncc[nH]1. The first-order valence-electron chi connectivity index (χ1n) is 5.75. The van der Waals surface area contributed by atoms with Crippen LogP contribution in [0.4, 0.5) is 0 Å². The molecule has 6 heteroatoms. The fourth-order valence-corrected chi connectivity index (χ4v) is 2.05. The molecular weight excluding hydrogens is 310 g/mol. The van der Waals surface area contributed by atoms with Crippen molar-refractivity contribution < 1.29 is 9.53 Å². The fourth-order valence-electron chi connectivity index (χ4n) is 1.71. The number of H-pyrrole nitrogens is 1. The van der Waals surface area contributed by atoms with Gasteiger partial charge in [-0.15, -0.1) is 0 Å². The highest BCUT2D eigenvalue weighted by Crippen LogP contribution is 2.24. The summed E-state index contributed by atoms with van der Waals surface area (Å²) in [7, 11) is 1.54. The van der Waals surface area contributed by atoms with E-state index in [1.807, 2.05) is 6.92 Å². The molecule has 0 fully saturated rings. The number of methoxy groups -OCH3 is 1. The number of carbonyl (C=O) groups excluding carboxylic acids is 1. The molecule has 0 bridgehead atoms. The molecular formula is C13H14BrN3O2. The average Bonchev–Trinajstić information content (AvgIpc) is 2.92. The summed E-state index contributed by atoms with van der Waals surface area (Å²) in [5.74, 6) is 1.04. The Bertz CT molecular complexity index is 569. The van der Waals surface area contributed by atoms with Gasteiger partial charge in [0.2, 0.25) is 0 Å². The zero-order valence-corrected chi connectivity index (χ0v) is 12.2. The Balaban J connectivity index is 2.16. The number of rotatable bonds is 4. The lowest BCUT2D eigenvalue weighted by Gasteiger charge is -2.13. The van der Waals surface area contributed by atoms with E-state index < -0.39 is 0 Å². The van der Waals surface area contributed by atoms with E-state index in [9.17, 15) is 4.79 Å². The van der Waals surface area contributed by atoms with Crippen molar-refractivity contribution in [2.75, 3.05) is 7.11 Å².